The van der Waals surface area contributed by atoms with Gasteiger partial charge < -0.3 is 19.5 Å². The zero-order chi connectivity index (χ0) is 20.5. The predicted molar refractivity (Wildman–Crippen MR) is 106 cm³/mol. The molecule has 0 fully saturated rings. The molecule has 8 heteroatoms. The lowest BCUT2D eigenvalue weighted by Crippen LogP contribution is -2.24. The third kappa shape index (κ3) is 6.02. The highest BCUT2D eigenvalue weighted by Crippen LogP contribution is 2.28. The average Bonchev–Trinajstić information content (AvgIpc) is 2.70. The molecular formula is C20H21NO6S. The van der Waals surface area contributed by atoms with Crippen molar-refractivity contribution in [1.29, 1.82) is 0 Å². The number of methoxy groups -OCH3 is 1. The molecule has 0 aliphatic carbocycles. The second-order valence-corrected chi connectivity index (χ2v) is 6.47. The molecule has 7 nitrogen and oxygen atoms in total. The van der Waals surface area contributed by atoms with Gasteiger partial charge in [-0.25, -0.2) is 4.79 Å². The van der Waals surface area contributed by atoms with Gasteiger partial charge in [-0.3, -0.25) is 9.59 Å². The van der Waals surface area contributed by atoms with E-state index in [0.717, 1.165) is 4.90 Å². The van der Waals surface area contributed by atoms with Gasteiger partial charge in [-0.1, -0.05) is 12.1 Å². The molecule has 2 aromatic rings. The van der Waals surface area contributed by atoms with Crippen LogP contribution in [0.4, 0.5) is 5.69 Å². The number of nitrogens with one attached hydrogen (secondary N) is 1. The van der Waals surface area contributed by atoms with E-state index in [0.29, 0.717) is 22.7 Å². The van der Waals surface area contributed by atoms with Gasteiger partial charge in [0.2, 0.25) is 0 Å². The van der Waals surface area contributed by atoms with Crippen molar-refractivity contribution in [2.24, 2.45) is 0 Å². The lowest BCUT2D eigenvalue weighted by molar-refractivity contribution is -0.149. The van der Waals surface area contributed by atoms with Crippen LogP contribution in [0.5, 0.6) is 11.5 Å². The molecule has 0 heterocycles. The van der Waals surface area contributed by atoms with Crippen LogP contribution >= 0.6 is 11.8 Å². The molecule has 28 heavy (non-hydrogen) atoms. The molecule has 0 bridgehead atoms. The van der Waals surface area contributed by atoms with Gasteiger partial charge in [-0.15, -0.1) is 11.8 Å². The highest BCUT2D eigenvalue weighted by molar-refractivity contribution is 7.98. The molecule has 2 rings (SSSR count). The molecule has 2 aromatic carbocycles. The number of hydrogen-bond donors (Lipinski definition) is 1. The number of amides is 1. The Morgan fingerprint density at radius 2 is 1.79 bits per heavy atom. The summed E-state index contributed by atoms with van der Waals surface area (Å²) in [4.78, 5) is 36.1. The van der Waals surface area contributed by atoms with Gasteiger partial charge >= 0.3 is 5.97 Å². The molecule has 0 saturated carbocycles. The smallest absolute Gasteiger partial charge is 0.344 e. The number of ketones is 1. The minimum atomic E-state index is -0.703. The van der Waals surface area contributed by atoms with Gasteiger partial charge in [0, 0.05) is 10.5 Å². The molecule has 0 saturated heterocycles. The first-order valence-electron chi connectivity index (χ1n) is 8.35. The molecule has 0 aliphatic rings. The summed E-state index contributed by atoms with van der Waals surface area (Å²) < 4.78 is 15.5. The first kappa shape index (κ1) is 21.3. The number of thioether (sulfide) groups is 1. The fourth-order valence-corrected chi connectivity index (χ4v) is 2.82. The summed E-state index contributed by atoms with van der Waals surface area (Å²) in [5.74, 6) is -0.641. The van der Waals surface area contributed by atoms with Crippen molar-refractivity contribution < 1.29 is 28.6 Å². The standard InChI is InChI=1S/C20H21NO6S/c1-13(22)14-8-9-16(17(10-14)25-2)26-12-20(24)27-11-19(23)21-15-6-4-5-7-18(15)28-3/h4-10H,11-12H2,1-3H3,(H,21,23). The van der Waals surface area contributed by atoms with Crippen LogP contribution in [0.3, 0.4) is 0 Å². The van der Waals surface area contributed by atoms with Crippen LogP contribution in [0.2, 0.25) is 0 Å². The summed E-state index contributed by atoms with van der Waals surface area (Å²) in [7, 11) is 1.43. The van der Waals surface area contributed by atoms with E-state index < -0.39 is 25.1 Å². The van der Waals surface area contributed by atoms with Crippen LogP contribution in [0.1, 0.15) is 17.3 Å². The summed E-state index contributed by atoms with van der Waals surface area (Å²) in [6.45, 7) is 0.616. The van der Waals surface area contributed by atoms with Crippen molar-refractivity contribution in [3.05, 3.63) is 48.0 Å². The van der Waals surface area contributed by atoms with Crippen molar-refractivity contribution in [3.63, 3.8) is 0 Å². The summed E-state index contributed by atoms with van der Waals surface area (Å²) in [6.07, 6.45) is 1.90. The Morgan fingerprint density at radius 1 is 1.04 bits per heavy atom. The van der Waals surface area contributed by atoms with Crippen LogP contribution in [0, 0.1) is 0 Å². The molecule has 1 amide bonds. The molecule has 148 valence electrons. The van der Waals surface area contributed by atoms with Crippen LogP contribution < -0.4 is 14.8 Å². The second-order valence-electron chi connectivity index (χ2n) is 5.62. The number of benzene rings is 2. The van der Waals surface area contributed by atoms with Crippen molar-refractivity contribution in [2.75, 3.05) is 31.9 Å². The van der Waals surface area contributed by atoms with E-state index in [-0.39, 0.29) is 5.78 Å². The van der Waals surface area contributed by atoms with Gasteiger partial charge in [-0.2, -0.15) is 0 Å². The number of hydrogen-bond acceptors (Lipinski definition) is 7. The average molecular weight is 403 g/mol. The topological polar surface area (TPSA) is 90.9 Å². The maximum atomic E-state index is 12.0. The third-order valence-electron chi connectivity index (χ3n) is 3.66. The zero-order valence-electron chi connectivity index (χ0n) is 15.8. The van der Waals surface area contributed by atoms with Gasteiger partial charge in [0.1, 0.15) is 0 Å². The van der Waals surface area contributed by atoms with Crippen LogP contribution in [-0.4, -0.2) is 44.2 Å². The van der Waals surface area contributed by atoms with E-state index in [9.17, 15) is 14.4 Å². The quantitative estimate of drug-likeness (QED) is 0.391. The third-order valence-corrected chi connectivity index (χ3v) is 4.46. The minimum absolute atomic E-state index is 0.113. The molecule has 0 radical (unpaired) electrons. The fourth-order valence-electron chi connectivity index (χ4n) is 2.26. The number of rotatable bonds is 9. The Balaban J connectivity index is 1.84. The van der Waals surface area contributed by atoms with Crippen LogP contribution in [-0.2, 0) is 14.3 Å². The molecule has 1 N–H and O–H groups in total. The highest BCUT2D eigenvalue weighted by atomic mass is 32.2. The number of Topliss-reactive ketones (excluding diaryl/α,β-unsaturated/α-hetero) is 1. The Kier molecular flexibility index (Phi) is 7.88. The highest BCUT2D eigenvalue weighted by Gasteiger charge is 2.13. The predicted octanol–water partition coefficient (Wildman–Crippen LogP) is 3.18. The molecular weight excluding hydrogens is 382 g/mol. The summed E-state index contributed by atoms with van der Waals surface area (Å²) in [6, 6.07) is 12.0. The molecule has 0 spiro atoms. The van der Waals surface area contributed by atoms with E-state index in [2.05, 4.69) is 5.32 Å². The fraction of sp³-hybridized carbons (Fsp3) is 0.250. The number of ether oxygens (including phenoxy) is 3. The summed E-state index contributed by atoms with van der Waals surface area (Å²) >= 11 is 1.50. The van der Waals surface area contributed by atoms with Crippen molar-refractivity contribution in [3.8, 4) is 11.5 Å². The Morgan fingerprint density at radius 3 is 2.46 bits per heavy atom. The molecule has 0 atom stereocenters. The normalized spacial score (nSPS) is 10.1. The Hall–Kier alpha value is -3.00. The van der Waals surface area contributed by atoms with Crippen molar-refractivity contribution >= 4 is 35.1 Å². The summed E-state index contributed by atoms with van der Waals surface area (Å²) in [5.41, 5.74) is 1.12. The lowest BCUT2D eigenvalue weighted by atomic mass is 10.1. The molecule has 0 aliphatic heterocycles. The van der Waals surface area contributed by atoms with Gasteiger partial charge in [0.15, 0.2) is 30.5 Å². The Labute approximate surface area is 167 Å². The number of carbonyl (C=O) groups excluding carboxylic acids is 3. The van der Waals surface area contributed by atoms with E-state index in [1.165, 1.54) is 37.9 Å². The maximum absolute atomic E-state index is 12.0. The number of carbonyl (C=O) groups is 3. The van der Waals surface area contributed by atoms with E-state index in [1.54, 1.807) is 18.2 Å². The number of esters is 1. The van der Waals surface area contributed by atoms with E-state index >= 15 is 0 Å². The SMILES string of the molecule is COc1cc(C(C)=O)ccc1OCC(=O)OCC(=O)Nc1ccccc1SC. The number of para-hydroxylation sites is 1. The zero-order valence-corrected chi connectivity index (χ0v) is 16.6. The van der Waals surface area contributed by atoms with Crippen LogP contribution in [0.25, 0.3) is 0 Å². The summed E-state index contributed by atoms with van der Waals surface area (Å²) in [5, 5.41) is 2.70. The molecule has 0 unspecified atom stereocenters. The largest absolute Gasteiger partial charge is 0.493 e. The van der Waals surface area contributed by atoms with E-state index in [4.69, 9.17) is 14.2 Å². The van der Waals surface area contributed by atoms with Gasteiger partial charge in [0.05, 0.1) is 12.8 Å². The number of anilines is 1. The van der Waals surface area contributed by atoms with E-state index in [1.807, 2.05) is 18.4 Å². The molecule has 0 aromatic heterocycles. The monoisotopic (exact) mass is 403 g/mol. The van der Waals surface area contributed by atoms with Gasteiger partial charge in [-0.05, 0) is 43.5 Å². The van der Waals surface area contributed by atoms with Gasteiger partial charge in [0.25, 0.3) is 5.91 Å². The maximum Gasteiger partial charge on any atom is 0.344 e. The van der Waals surface area contributed by atoms with Crippen LogP contribution in [0.15, 0.2) is 47.4 Å². The minimum Gasteiger partial charge on any atom is -0.493 e. The first-order valence-corrected chi connectivity index (χ1v) is 9.57. The van der Waals surface area contributed by atoms with Crippen molar-refractivity contribution in [1.82, 2.24) is 0 Å². The Bertz CT molecular complexity index is 868. The first-order chi connectivity index (χ1) is 13.4. The lowest BCUT2D eigenvalue weighted by Gasteiger charge is -2.12. The second kappa shape index (κ2) is 10.4. The van der Waals surface area contributed by atoms with Crippen molar-refractivity contribution in [2.45, 2.75) is 11.8 Å².